The van der Waals surface area contributed by atoms with Gasteiger partial charge in [-0.1, -0.05) is 30.3 Å². The second kappa shape index (κ2) is 7.85. The molecule has 0 radical (unpaired) electrons. The predicted octanol–water partition coefficient (Wildman–Crippen LogP) is 3.78. The number of piperidine rings is 1. The van der Waals surface area contributed by atoms with Crippen LogP contribution < -0.4 is 15.6 Å². The monoisotopic (exact) mass is 417 g/mol. The van der Waals surface area contributed by atoms with Gasteiger partial charge in [0.1, 0.15) is 5.75 Å². The highest BCUT2D eigenvalue weighted by molar-refractivity contribution is 5.96. The number of aromatic amines is 1. The van der Waals surface area contributed by atoms with Crippen LogP contribution in [0.5, 0.6) is 5.75 Å². The maximum atomic E-state index is 12.8. The first-order valence-electron chi connectivity index (χ1n) is 10.9. The summed E-state index contributed by atoms with van der Waals surface area (Å²) in [5.41, 5.74) is 2.49. The maximum Gasteiger partial charge on any atom is 0.252 e. The Balaban J connectivity index is 1.20. The number of anilines is 1. The molecule has 160 valence electrons. The first-order chi connectivity index (χ1) is 15.1. The lowest BCUT2D eigenvalue weighted by Gasteiger charge is -2.32. The quantitative estimate of drug-likeness (QED) is 0.663. The van der Waals surface area contributed by atoms with Gasteiger partial charge >= 0.3 is 0 Å². The Morgan fingerprint density at radius 1 is 1.16 bits per heavy atom. The van der Waals surface area contributed by atoms with Gasteiger partial charge in [0.05, 0.1) is 12.8 Å². The first kappa shape index (κ1) is 19.8. The van der Waals surface area contributed by atoms with Crippen molar-refractivity contribution in [2.75, 3.05) is 25.5 Å². The average molecular weight is 418 g/mol. The van der Waals surface area contributed by atoms with Gasteiger partial charge in [-0.05, 0) is 67.4 Å². The van der Waals surface area contributed by atoms with Crippen molar-refractivity contribution in [2.45, 2.75) is 25.8 Å². The molecule has 1 spiro atoms. The van der Waals surface area contributed by atoms with Crippen molar-refractivity contribution in [2.24, 2.45) is 11.3 Å². The Labute approximate surface area is 181 Å². The number of benzene rings is 2. The van der Waals surface area contributed by atoms with Crippen LogP contribution in [0.4, 0.5) is 5.69 Å². The molecule has 1 aliphatic carbocycles. The van der Waals surface area contributed by atoms with Gasteiger partial charge in [-0.3, -0.25) is 14.5 Å². The molecule has 1 amide bonds. The number of methoxy groups -OCH3 is 1. The van der Waals surface area contributed by atoms with Crippen LogP contribution in [0.2, 0.25) is 0 Å². The Morgan fingerprint density at radius 2 is 1.90 bits per heavy atom. The Hall–Kier alpha value is -3.12. The standard InChI is InChI=1S/C25H27N3O3/c1-31-22-9-5-4-8-21(22)27-24(30)19-15-25(19)10-12-28(13-11-25)16-18-14-17-6-2-3-7-20(17)26-23(18)29/h2-9,14,19H,10-13,15-16H2,1H3,(H,26,29)(H,27,30). The fourth-order valence-electron chi connectivity index (χ4n) is 4.95. The van der Waals surface area contributed by atoms with E-state index in [1.165, 1.54) is 0 Å². The van der Waals surface area contributed by atoms with Crippen molar-refractivity contribution in [1.29, 1.82) is 0 Å². The lowest BCUT2D eigenvalue weighted by atomic mass is 9.90. The summed E-state index contributed by atoms with van der Waals surface area (Å²) in [5, 5.41) is 4.10. The molecule has 1 atom stereocenters. The van der Waals surface area contributed by atoms with Crippen LogP contribution in [0.25, 0.3) is 10.9 Å². The summed E-state index contributed by atoms with van der Waals surface area (Å²) in [6.45, 7) is 2.46. The molecule has 1 unspecified atom stereocenters. The summed E-state index contributed by atoms with van der Waals surface area (Å²) >= 11 is 0. The second-order valence-corrected chi connectivity index (χ2v) is 8.80. The maximum absolute atomic E-state index is 12.8. The van der Waals surface area contributed by atoms with Crippen molar-refractivity contribution in [1.82, 2.24) is 9.88 Å². The van der Waals surface area contributed by atoms with E-state index in [-0.39, 0.29) is 22.8 Å². The van der Waals surface area contributed by atoms with Crippen molar-refractivity contribution in [3.8, 4) is 5.75 Å². The molecule has 2 aliphatic rings. The molecule has 2 heterocycles. The number of nitrogens with one attached hydrogen (secondary N) is 2. The van der Waals surface area contributed by atoms with Gasteiger partial charge in [0.25, 0.3) is 5.56 Å². The number of amides is 1. The van der Waals surface area contributed by atoms with E-state index in [2.05, 4.69) is 15.2 Å². The predicted molar refractivity (Wildman–Crippen MR) is 121 cm³/mol. The van der Waals surface area contributed by atoms with Crippen LogP contribution in [-0.2, 0) is 11.3 Å². The summed E-state index contributed by atoms with van der Waals surface area (Å²) < 4.78 is 5.34. The fraction of sp³-hybridized carbons (Fsp3) is 0.360. The summed E-state index contributed by atoms with van der Waals surface area (Å²) in [7, 11) is 1.61. The van der Waals surface area contributed by atoms with E-state index >= 15 is 0 Å². The van der Waals surface area contributed by atoms with Crippen LogP contribution in [0.15, 0.2) is 59.4 Å². The number of carbonyl (C=O) groups is 1. The largest absolute Gasteiger partial charge is 0.495 e. The van der Waals surface area contributed by atoms with E-state index in [0.29, 0.717) is 12.3 Å². The van der Waals surface area contributed by atoms with Gasteiger partial charge in [-0.15, -0.1) is 0 Å². The van der Waals surface area contributed by atoms with Gasteiger partial charge < -0.3 is 15.0 Å². The number of carbonyl (C=O) groups excluding carboxylic acids is 1. The number of aromatic nitrogens is 1. The van der Waals surface area contributed by atoms with Crippen LogP contribution in [0.1, 0.15) is 24.8 Å². The lowest BCUT2D eigenvalue weighted by Crippen LogP contribution is -2.37. The zero-order valence-corrected chi connectivity index (χ0v) is 17.7. The normalized spacial score (nSPS) is 20.0. The van der Waals surface area contributed by atoms with Crippen LogP contribution in [-0.4, -0.2) is 36.0 Å². The van der Waals surface area contributed by atoms with E-state index in [1.54, 1.807) is 7.11 Å². The minimum Gasteiger partial charge on any atom is -0.495 e. The number of H-pyrrole nitrogens is 1. The van der Waals surface area contributed by atoms with Gasteiger partial charge in [0, 0.05) is 23.5 Å². The molecule has 6 nitrogen and oxygen atoms in total. The summed E-state index contributed by atoms with van der Waals surface area (Å²) in [4.78, 5) is 30.6. The molecule has 1 saturated carbocycles. The van der Waals surface area contributed by atoms with Crippen LogP contribution >= 0.6 is 0 Å². The summed E-state index contributed by atoms with van der Waals surface area (Å²) in [6, 6.07) is 17.4. The summed E-state index contributed by atoms with van der Waals surface area (Å²) in [5.74, 6) is 0.827. The Bertz CT molecular complexity index is 1180. The zero-order chi connectivity index (χ0) is 21.4. The minimum absolute atomic E-state index is 0.0144. The fourth-order valence-corrected chi connectivity index (χ4v) is 4.95. The molecule has 31 heavy (non-hydrogen) atoms. The highest BCUT2D eigenvalue weighted by Gasteiger charge is 2.58. The SMILES string of the molecule is COc1ccccc1NC(=O)C1CC12CCN(Cc1cc3ccccc3[nH]c1=O)CC2. The number of fused-ring (bicyclic) bond motifs is 1. The molecule has 2 N–H and O–H groups in total. The van der Waals surface area contributed by atoms with Crippen LogP contribution in [0.3, 0.4) is 0 Å². The molecule has 0 bridgehead atoms. The topological polar surface area (TPSA) is 74.4 Å². The smallest absolute Gasteiger partial charge is 0.252 e. The van der Waals surface area contributed by atoms with E-state index in [1.807, 2.05) is 54.6 Å². The van der Waals surface area contributed by atoms with E-state index in [9.17, 15) is 9.59 Å². The molecule has 2 fully saturated rings. The number of pyridine rings is 1. The number of ether oxygens (including phenoxy) is 1. The third-order valence-corrected chi connectivity index (χ3v) is 6.95. The number of nitrogens with zero attached hydrogens (tertiary/aromatic N) is 1. The third kappa shape index (κ3) is 3.83. The zero-order valence-electron chi connectivity index (χ0n) is 17.7. The van der Waals surface area contributed by atoms with Crippen molar-refractivity contribution in [3.63, 3.8) is 0 Å². The van der Waals surface area contributed by atoms with Crippen LogP contribution in [0, 0.1) is 11.3 Å². The number of hydrogen-bond donors (Lipinski definition) is 2. The molecular weight excluding hydrogens is 390 g/mol. The van der Waals surface area contributed by atoms with E-state index < -0.39 is 0 Å². The lowest BCUT2D eigenvalue weighted by molar-refractivity contribution is -0.118. The number of para-hydroxylation sites is 3. The molecule has 6 heteroatoms. The molecule has 1 aromatic heterocycles. The molecular formula is C25H27N3O3. The summed E-state index contributed by atoms with van der Waals surface area (Å²) in [6.07, 6.45) is 2.92. The number of hydrogen-bond acceptors (Lipinski definition) is 4. The third-order valence-electron chi connectivity index (χ3n) is 6.95. The van der Waals surface area contributed by atoms with Gasteiger partial charge in [0.2, 0.25) is 5.91 Å². The first-order valence-corrected chi connectivity index (χ1v) is 10.9. The molecule has 1 aliphatic heterocycles. The molecule has 1 saturated heterocycles. The highest BCUT2D eigenvalue weighted by Crippen LogP contribution is 2.59. The average Bonchev–Trinajstić information content (AvgIpc) is 3.50. The Morgan fingerprint density at radius 3 is 2.71 bits per heavy atom. The second-order valence-electron chi connectivity index (χ2n) is 8.80. The number of likely N-dealkylation sites (tertiary alicyclic amines) is 1. The van der Waals surface area contributed by atoms with E-state index in [4.69, 9.17) is 4.74 Å². The van der Waals surface area contributed by atoms with Gasteiger partial charge in [-0.25, -0.2) is 0 Å². The van der Waals surface area contributed by atoms with Gasteiger partial charge in [-0.2, -0.15) is 0 Å². The minimum atomic E-state index is -0.0144. The molecule has 5 rings (SSSR count). The van der Waals surface area contributed by atoms with E-state index in [0.717, 1.165) is 54.5 Å². The number of rotatable bonds is 5. The Kier molecular flexibility index (Phi) is 5.02. The van der Waals surface area contributed by atoms with Crippen molar-refractivity contribution < 1.29 is 9.53 Å². The highest BCUT2D eigenvalue weighted by atomic mass is 16.5. The molecule has 2 aromatic carbocycles. The van der Waals surface area contributed by atoms with Crippen molar-refractivity contribution >= 4 is 22.5 Å². The van der Waals surface area contributed by atoms with Crippen molar-refractivity contribution in [3.05, 3.63) is 70.5 Å². The molecule has 3 aromatic rings. The van der Waals surface area contributed by atoms with Gasteiger partial charge in [0.15, 0.2) is 0 Å².